The van der Waals surface area contributed by atoms with Crippen LogP contribution >= 0.6 is 0 Å². The van der Waals surface area contributed by atoms with Crippen LogP contribution in [0.1, 0.15) is 32.1 Å². The molecular weight excluding hydrogens is 178 g/mol. The van der Waals surface area contributed by atoms with Crippen LogP contribution in [0, 0.1) is 0 Å². The number of nitrogens with one attached hydrogen (secondary N) is 1. The van der Waals surface area contributed by atoms with Gasteiger partial charge in [0, 0.05) is 7.11 Å². The second-order valence-electron chi connectivity index (χ2n) is 3.39. The van der Waals surface area contributed by atoms with Gasteiger partial charge in [0.05, 0.1) is 18.4 Å². The van der Waals surface area contributed by atoms with Gasteiger partial charge in [0.2, 0.25) is 0 Å². The molecule has 80 valence electrons. The third-order valence-electron chi connectivity index (χ3n) is 2.31. The van der Waals surface area contributed by atoms with Crippen molar-refractivity contribution < 1.29 is 9.15 Å². The van der Waals surface area contributed by atoms with Crippen LogP contribution in [0.5, 0.6) is 0 Å². The fraction of sp³-hybridized carbons (Fsp3) is 0.636. The first-order chi connectivity index (χ1) is 6.79. The summed E-state index contributed by atoms with van der Waals surface area (Å²) in [7, 11) is 1.72. The number of ether oxygens (including phenoxy) is 1. The summed E-state index contributed by atoms with van der Waals surface area (Å²) in [5.41, 5.74) is 0. The lowest BCUT2D eigenvalue weighted by atomic mass is 10.1. The second kappa shape index (κ2) is 5.83. The fourth-order valence-corrected chi connectivity index (χ4v) is 1.40. The highest BCUT2D eigenvalue weighted by atomic mass is 16.5. The molecule has 0 amide bonds. The maximum absolute atomic E-state index is 5.37. The predicted molar refractivity (Wildman–Crippen MR) is 56.2 cm³/mol. The first kappa shape index (κ1) is 11.3. The Kier molecular flexibility index (Phi) is 4.70. The zero-order valence-corrected chi connectivity index (χ0v) is 9.12. The Labute approximate surface area is 85.4 Å². The second-order valence-corrected chi connectivity index (χ2v) is 3.39. The van der Waals surface area contributed by atoms with E-state index in [-0.39, 0.29) is 12.1 Å². The largest absolute Gasteiger partial charge is 0.468 e. The molecule has 1 rings (SSSR count). The van der Waals surface area contributed by atoms with E-state index in [1.807, 2.05) is 19.1 Å². The number of rotatable bonds is 6. The van der Waals surface area contributed by atoms with Crippen LogP contribution in [0.2, 0.25) is 0 Å². The van der Waals surface area contributed by atoms with Crippen molar-refractivity contribution in [3.63, 3.8) is 0 Å². The van der Waals surface area contributed by atoms with Crippen LogP contribution < -0.4 is 5.32 Å². The van der Waals surface area contributed by atoms with Crippen LogP contribution in [-0.4, -0.2) is 19.8 Å². The SMILES string of the molecule is CCCNC(c1ccco1)C(C)OC. The summed E-state index contributed by atoms with van der Waals surface area (Å²) in [6.45, 7) is 5.15. The van der Waals surface area contributed by atoms with E-state index < -0.39 is 0 Å². The van der Waals surface area contributed by atoms with Crippen LogP contribution in [-0.2, 0) is 4.74 Å². The summed E-state index contributed by atoms with van der Waals surface area (Å²) >= 11 is 0. The Bertz CT molecular complexity index is 233. The Morgan fingerprint density at radius 3 is 2.86 bits per heavy atom. The van der Waals surface area contributed by atoms with E-state index in [0.717, 1.165) is 18.7 Å². The average molecular weight is 197 g/mol. The highest BCUT2D eigenvalue weighted by Crippen LogP contribution is 2.19. The zero-order chi connectivity index (χ0) is 10.4. The smallest absolute Gasteiger partial charge is 0.123 e. The lowest BCUT2D eigenvalue weighted by Gasteiger charge is -2.21. The van der Waals surface area contributed by atoms with Crippen LogP contribution in [0.3, 0.4) is 0 Å². The zero-order valence-electron chi connectivity index (χ0n) is 9.12. The molecule has 0 bridgehead atoms. The molecule has 14 heavy (non-hydrogen) atoms. The minimum Gasteiger partial charge on any atom is -0.468 e. The Balaban J connectivity index is 2.62. The monoisotopic (exact) mass is 197 g/mol. The van der Waals surface area contributed by atoms with Crippen molar-refractivity contribution in [2.24, 2.45) is 0 Å². The summed E-state index contributed by atoms with van der Waals surface area (Å²) in [6, 6.07) is 4.02. The first-order valence-electron chi connectivity index (χ1n) is 5.09. The van der Waals surface area contributed by atoms with E-state index in [4.69, 9.17) is 9.15 Å². The van der Waals surface area contributed by atoms with E-state index in [2.05, 4.69) is 12.2 Å². The van der Waals surface area contributed by atoms with E-state index >= 15 is 0 Å². The van der Waals surface area contributed by atoms with E-state index in [1.54, 1.807) is 13.4 Å². The fourth-order valence-electron chi connectivity index (χ4n) is 1.40. The summed E-state index contributed by atoms with van der Waals surface area (Å²) < 4.78 is 10.7. The van der Waals surface area contributed by atoms with Crippen molar-refractivity contribution in [3.8, 4) is 0 Å². The Morgan fingerprint density at radius 2 is 2.36 bits per heavy atom. The number of hydrogen-bond donors (Lipinski definition) is 1. The van der Waals surface area contributed by atoms with Gasteiger partial charge in [-0.05, 0) is 32.0 Å². The Morgan fingerprint density at radius 1 is 1.57 bits per heavy atom. The standard InChI is InChI=1S/C11H19NO2/c1-4-7-12-11(9(2)13-3)10-6-5-8-14-10/h5-6,8-9,11-12H,4,7H2,1-3H3. The van der Waals surface area contributed by atoms with Gasteiger partial charge in [0.25, 0.3) is 0 Å². The highest BCUT2D eigenvalue weighted by Gasteiger charge is 2.20. The van der Waals surface area contributed by atoms with Gasteiger partial charge in [0.1, 0.15) is 5.76 Å². The molecule has 0 aliphatic rings. The molecule has 0 aliphatic heterocycles. The molecule has 1 aromatic rings. The van der Waals surface area contributed by atoms with Gasteiger partial charge < -0.3 is 14.5 Å². The number of hydrogen-bond acceptors (Lipinski definition) is 3. The van der Waals surface area contributed by atoms with E-state index in [0.29, 0.717) is 0 Å². The molecule has 2 unspecified atom stereocenters. The topological polar surface area (TPSA) is 34.4 Å². The highest BCUT2D eigenvalue weighted by molar-refractivity contribution is 5.06. The summed E-state index contributed by atoms with van der Waals surface area (Å²) in [5, 5.41) is 3.40. The maximum Gasteiger partial charge on any atom is 0.123 e. The minimum absolute atomic E-state index is 0.118. The normalized spacial score (nSPS) is 15.4. The van der Waals surface area contributed by atoms with Crippen molar-refractivity contribution in [1.82, 2.24) is 5.32 Å². The molecule has 1 N–H and O–H groups in total. The third kappa shape index (κ3) is 2.86. The average Bonchev–Trinajstić information content (AvgIpc) is 2.71. The van der Waals surface area contributed by atoms with Gasteiger partial charge in [-0.1, -0.05) is 6.92 Å². The minimum atomic E-state index is 0.118. The third-order valence-corrected chi connectivity index (χ3v) is 2.31. The van der Waals surface area contributed by atoms with E-state index in [1.165, 1.54) is 0 Å². The van der Waals surface area contributed by atoms with Crippen LogP contribution in [0.4, 0.5) is 0 Å². The van der Waals surface area contributed by atoms with Gasteiger partial charge in [0.15, 0.2) is 0 Å². The Hall–Kier alpha value is -0.800. The summed E-state index contributed by atoms with van der Waals surface area (Å²) in [6.07, 6.45) is 2.92. The molecule has 0 fully saturated rings. The summed E-state index contributed by atoms with van der Waals surface area (Å²) in [5.74, 6) is 0.938. The molecule has 0 saturated carbocycles. The van der Waals surface area contributed by atoms with Gasteiger partial charge in [-0.25, -0.2) is 0 Å². The molecule has 1 heterocycles. The van der Waals surface area contributed by atoms with Gasteiger partial charge in [-0.2, -0.15) is 0 Å². The van der Waals surface area contributed by atoms with Crippen LogP contribution in [0.15, 0.2) is 22.8 Å². The molecule has 0 saturated heterocycles. The quantitative estimate of drug-likeness (QED) is 0.760. The molecule has 0 spiro atoms. The van der Waals surface area contributed by atoms with Crippen molar-refractivity contribution in [3.05, 3.63) is 24.2 Å². The molecule has 0 aromatic carbocycles. The van der Waals surface area contributed by atoms with Crippen molar-refractivity contribution >= 4 is 0 Å². The van der Waals surface area contributed by atoms with Crippen LogP contribution in [0.25, 0.3) is 0 Å². The van der Waals surface area contributed by atoms with Gasteiger partial charge in [-0.3, -0.25) is 0 Å². The molecule has 0 aliphatic carbocycles. The molecule has 2 atom stereocenters. The molecule has 0 radical (unpaired) electrons. The maximum atomic E-state index is 5.37. The number of methoxy groups -OCH3 is 1. The number of furan rings is 1. The molecule has 3 heteroatoms. The van der Waals surface area contributed by atoms with E-state index in [9.17, 15) is 0 Å². The molecule has 1 aromatic heterocycles. The first-order valence-corrected chi connectivity index (χ1v) is 5.09. The van der Waals surface area contributed by atoms with Crippen molar-refractivity contribution in [2.75, 3.05) is 13.7 Å². The lowest BCUT2D eigenvalue weighted by molar-refractivity contribution is 0.0754. The van der Waals surface area contributed by atoms with Gasteiger partial charge in [-0.15, -0.1) is 0 Å². The lowest BCUT2D eigenvalue weighted by Crippen LogP contribution is -2.31. The summed E-state index contributed by atoms with van der Waals surface area (Å²) in [4.78, 5) is 0. The predicted octanol–water partition coefficient (Wildman–Crippen LogP) is 2.36. The molecule has 3 nitrogen and oxygen atoms in total. The van der Waals surface area contributed by atoms with Gasteiger partial charge >= 0.3 is 0 Å². The van der Waals surface area contributed by atoms with Crippen molar-refractivity contribution in [1.29, 1.82) is 0 Å². The van der Waals surface area contributed by atoms with Crippen molar-refractivity contribution in [2.45, 2.75) is 32.4 Å². The molecular formula is C11H19NO2.